The fourth-order valence-electron chi connectivity index (χ4n) is 4.72. The number of hydrogen-bond donors (Lipinski definition) is 1. The number of likely N-dealkylation sites (tertiary alicyclic amines) is 1. The fraction of sp³-hybridized carbons (Fsp3) is 0.286. The van der Waals surface area contributed by atoms with E-state index in [0.29, 0.717) is 12.1 Å². The number of amides is 1. The number of H-pyrrole nitrogens is 1. The zero-order valence-corrected chi connectivity index (χ0v) is 18.9. The van der Waals surface area contributed by atoms with Gasteiger partial charge < -0.3 is 14.8 Å². The third kappa shape index (κ3) is 5.15. The molecule has 0 bridgehead atoms. The van der Waals surface area contributed by atoms with E-state index in [2.05, 4.69) is 63.4 Å². The van der Waals surface area contributed by atoms with Crippen LogP contribution in [0.2, 0.25) is 0 Å². The van der Waals surface area contributed by atoms with E-state index in [4.69, 9.17) is 0 Å². The summed E-state index contributed by atoms with van der Waals surface area (Å²) in [6.07, 6.45) is 8.92. The largest absolute Gasteiger partial charge is 0.361 e. The zero-order valence-electron chi connectivity index (χ0n) is 18.9. The number of rotatable bonds is 8. The molecule has 1 aliphatic rings. The Hall–Kier alpha value is -3.44. The van der Waals surface area contributed by atoms with Crippen molar-refractivity contribution in [3.63, 3.8) is 0 Å². The second-order valence-corrected chi connectivity index (χ2v) is 8.84. The summed E-state index contributed by atoms with van der Waals surface area (Å²) in [5, 5.41) is 1.20. The molecule has 0 saturated carbocycles. The Morgan fingerprint density at radius 2 is 1.79 bits per heavy atom. The van der Waals surface area contributed by atoms with E-state index >= 15 is 0 Å². The van der Waals surface area contributed by atoms with Gasteiger partial charge in [-0.15, -0.1) is 0 Å². The van der Waals surface area contributed by atoms with Gasteiger partial charge >= 0.3 is 0 Å². The lowest BCUT2D eigenvalue weighted by molar-refractivity contribution is 0.0736. The van der Waals surface area contributed by atoms with Gasteiger partial charge in [0, 0.05) is 42.8 Å². The third-order valence-electron chi connectivity index (χ3n) is 6.50. The predicted octanol–water partition coefficient (Wildman–Crippen LogP) is 5.36. The van der Waals surface area contributed by atoms with Gasteiger partial charge in [-0.05, 0) is 97.4 Å². The van der Waals surface area contributed by atoms with Crippen LogP contribution in [0.1, 0.15) is 35.2 Å². The summed E-state index contributed by atoms with van der Waals surface area (Å²) in [5.74, 6) is 0.0676. The quantitative estimate of drug-likeness (QED) is 0.403. The van der Waals surface area contributed by atoms with Crippen LogP contribution in [-0.2, 0) is 6.54 Å². The van der Waals surface area contributed by atoms with Crippen LogP contribution in [0.15, 0.2) is 79.3 Å². The van der Waals surface area contributed by atoms with Gasteiger partial charge in [0.2, 0.25) is 0 Å². The molecular formula is C28H30N4O. The molecule has 1 saturated heterocycles. The SMILES string of the molecule is O=C(c1ccncc1)N(CCCN1CCCC1)Cc1cccc(-c2ccc3[nH]ccc3c2)c1. The highest BCUT2D eigenvalue weighted by atomic mass is 16.2. The van der Waals surface area contributed by atoms with Crippen LogP contribution < -0.4 is 0 Å². The van der Waals surface area contributed by atoms with Crippen LogP contribution in [-0.4, -0.2) is 51.9 Å². The minimum absolute atomic E-state index is 0.0676. The highest BCUT2D eigenvalue weighted by molar-refractivity contribution is 5.94. The summed E-state index contributed by atoms with van der Waals surface area (Å²) in [6.45, 7) is 4.77. The minimum Gasteiger partial charge on any atom is -0.361 e. The Morgan fingerprint density at radius 1 is 0.970 bits per heavy atom. The first-order valence-corrected chi connectivity index (χ1v) is 11.8. The number of fused-ring (bicyclic) bond motifs is 1. The van der Waals surface area contributed by atoms with Crippen LogP contribution in [0.5, 0.6) is 0 Å². The lowest BCUT2D eigenvalue weighted by Gasteiger charge is -2.25. The molecule has 168 valence electrons. The number of pyridine rings is 1. The second-order valence-electron chi connectivity index (χ2n) is 8.84. The van der Waals surface area contributed by atoms with E-state index in [1.165, 1.54) is 42.4 Å². The molecule has 0 aliphatic carbocycles. The molecule has 3 heterocycles. The van der Waals surface area contributed by atoms with Gasteiger partial charge in [-0.3, -0.25) is 9.78 Å². The molecule has 1 N–H and O–H groups in total. The highest BCUT2D eigenvalue weighted by Crippen LogP contribution is 2.25. The average Bonchev–Trinajstić information content (AvgIpc) is 3.55. The van der Waals surface area contributed by atoms with Gasteiger partial charge in [0.05, 0.1) is 0 Å². The van der Waals surface area contributed by atoms with Crippen molar-refractivity contribution in [3.05, 3.63) is 90.4 Å². The monoisotopic (exact) mass is 438 g/mol. The average molecular weight is 439 g/mol. The van der Waals surface area contributed by atoms with Crippen molar-refractivity contribution in [1.82, 2.24) is 19.8 Å². The molecule has 2 aromatic heterocycles. The number of nitrogens with one attached hydrogen (secondary N) is 1. The first-order valence-electron chi connectivity index (χ1n) is 11.8. The van der Waals surface area contributed by atoms with Crippen molar-refractivity contribution < 1.29 is 4.79 Å². The standard InChI is InChI=1S/C28H30N4O/c33-28(23-9-12-29-13-10-23)32(18-4-17-31-15-1-2-16-31)21-22-5-3-6-24(19-22)25-7-8-27-26(20-25)11-14-30-27/h3,5-14,19-20,30H,1-2,4,15-18,21H2. The second kappa shape index (κ2) is 10.0. The Balaban J connectivity index is 1.34. The number of aromatic amines is 1. The van der Waals surface area contributed by atoms with Crippen LogP contribution in [0.3, 0.4) is 0 Å². The Labute approximate surface area is 195 Å². The molecule has 5 nitrogen and oxygen atoms in total. The summed E-state index contributed by atoms with van der Waals surface area (Å²) in [5.41, 5.74) is 5.33. The number of carbonyl (C=O) groups excluding carboxylic acids is 1. The summed E-state index contributed by atoms with van der Waals surface area (Å²) in [6, 6.07) is 20.7. The lowest BCUT2D eigenvalue weighted by Crippen LogP contribution is -2.33. The normalized spacial score (nSPS) is 14.1. The maximum absolute atomic E-state index is 13.3. The molecule has 0 unspecified atom stereocenters. The number of nitrogens with zero attached hydrogens (tertiary/aromatic N) is 3. The maximum atomic E-state index is 13.3. The molecule has 5 heteroatoms. The van der Waals surface area contributed by atoms with E-state index in [1.807, 2.05) is 11.1 Å². The topological polar surface area (TPSA) is 52.2 Å². The lowest BCUT2D eigenvalue weighted by atomic mass is 10.0. The van der Waals surface area contributed by atoms with E-state index in [1.54, 1.807) is 24.5 Å². The molecule has 1 amide bonds. The fourth-order valence-corrected chi connectivity index (χ4v) is 4.72. The summed E-state index contributed by atoms with van der Waals surface area (Å²) >= 11 is 0. The smallest absolute Gasteiger partial charge is 0.254 e. The van der Waals surface area contributed by atoms with E-state index in [-0.39, 0.29) is 5.91 Å². The molecule has 2 aromatic carbocycles. The molecule has 0 spiro atoms. The summed E-state index contributed by atoms with van der Waals surface area (Å²) in [7, 11) is 0. The van der Waals surface area contributed by atoms with E-state index in [0.717, 1.165) is 30.6 Å². The van der Waals surface area contributed by atoms with Gasteiger partial charge in [-0.2, -0.15) is 0 Å². The third-order valence-corrected chi connectivity index (χ3v) is 6.50. The molecular weight excluding hydrogens is 408 g/mol. The highest BCUT2D eigenvalue weighted by Gasteiger charge is 2.18. The first-order chi connectivity index (χ1) is 16.3. The minimum atomic E-state index is 0.0676. The Kier molecular flexibility index (Phi) is 6.49. The van der Waals surface area contributed by atoms with Crippen LogP contribution in [0.25, 0.3) is 22.0 Å². The summed E-state index contributed by atoms with van der Waals surface area (Å²) in [4.78, 5) is 25.1. The Bertz CT molecular complexity index is 1210. The zero-order chi connectivity index (χ0) is 22.5. The molecule has 4 aromatic rings. The molecule has 1 aliphatic heterocycles. The van der Waals surface area contributed by atoms with E-state index in [9.17, 15) is 4.79 Å². The number of aromatic nitrogens is 2. The van der Waals surface area contributed by atoms with Crippen molar-refractivity contribution in [1.29, 1.82) is 0 Å². The Morgan fingerprint density at radius 3 is 2.64 bits per heavy atom. The molecule has 0 atom stereocenters. The van der Waals surface area contributed by atoms with Gasteiger partial charge in [0.1, 0.15) is 0 Å². The van der Waals surface area contributed by atoms with Gasteiger partial charge in [-0.25, -0.2) is 0 Å². The van der Waals surface area contributed by atoms with Gasteiger partial charge in [-0.1, -0.05) is 24.3 Å². The number of hydrogen-bond acceptors (Lipinski definition) is 3. The molecule has 5 rings (SSSR count). The van der Waals surface area contributed by atoms with Crippen molar-refractivity contribution in [2.75, 3.05) is 26.2 Å². The van der Waals surface area contributed by atoms with Crippen LogP contribution >= 0.6 is 0 Å². The van der Waals surface area contributed by atoms with Gasteiger partial charge in [0.15, 0.2) is 0 Å². The van der Waals surface area contributed by atoms with Crippen molar-refractivity contribution >= 4 is 16.8 Å². The van der Waals surface area contributed by atoms with Crippen molar-refractivity contribution in [3.8, 4) is 11.1 Å². The van der Waals surface area contributed by atoms with Gasteiger partial charge in [0.25, 0.3) is 5.91 Å². The number of benzene rings is 2. The molecule has 33 heavy (non-hydrogen) atoms. The summed E-state index contributed by atoms with van der Waals surface area (Å²) < 4.78 is 0. The first kappa shape index (κ1) is 21.4. The molecule has 0 radical (unpaired) electrons. The van der Waals surface area contributed by atoms with Crippen LogP contribution in [0, 0.1) is 0 Å². The predicted molar refractivity (Wildman–Crippen MR) is 133 cm³/mol. The molecule has 1 fully saturated rings. The number of carbonyl (C=O) groups is 1. The maximum Gasteiger partial charge on any atom is 0.254 e. The van der Waals surface area contributed by atoms with Crippen LogP contribution in [0.4, 0.5) is 0 Å². The van der Waals surface area contributed by atoms with Crippen molar-refractivity contribution in [2.45, 2.75) is 25.8 Å². The van der Waals surface area contributed by atoms with Crippen molar-refractivity contribution in [2.24, 2.45) is 0 Å². The van der Waals surface area contributed by atoms with E-state index < -0.39 is 0 Å².